The summed E-state index contributed by atoms with van der Waals surface area (Å²) in [6, 6.07) is 23.7. The van der Waals surface area contributed by atoms with Gasteiger partial charge in [0, 0.05) is 19.7 Å². The molecule has 1 amide bonds. The molecule has 5 aromatic rings. The van der Waals surface area contributed by atoms with Gasteiger partial charge in [0.2, 0.25) is 0 Å². The Balaban J connectivity index is 1.65. The quantitative estimate of drug-likeness (QED) is 0.226. The number of carbonyl (C=O) groups is 1. The lowest BCUT2D eigenvalue weighted by Gasteiger charge is -2.19. The fourth-order valence-corrected chi connectivity index (χ4v) is 4.44. The monoisotopic (exact) mass is 552 g/mol. The van der Waals surface area contributed by atoms with E-state index in [2.05, 4.69) is 39.8 Å². The normalized spacial score (nSPS) is 11.0. The predicted octanol–water partition coefficient (Wildman–Crippen LogP) is 5.56. The summed E-state index contributed by atoms with van der Waals surface area (Å²) in [6.07, 6.45) is 0. The lowest BCUT2D eigenvalue weighted by Crippen LogP contribution is -2.23. The van der Waals surface area contributed by atoms with E-state index in [1.54, 1.807) is 7.05 Å². The summed E-state index contributed by atoms with van der Waals surface area (Å²) in [4.78, 5) is 13.0. The van der Waals surface area contributed by atoms with E-state index in [0.717, 1.165) is 16.7 Å². The molecular weight excluding hydrogens is 520 g/mol. The van der Waals surface area contributed by atoms with Crippen LogP contribution in [0.3, 0.4) is 0 Å². The van der Waals surface area contributed by atoms with Crippen LogP contribution in [0.4, 0.5) is 0 Å². The van der Waals surface area contributed by atoms with Crippen molar-refractivity contribution in [3.05, 3.63) is 95.2 Å². The number of ether oxygens (including phenoxy) is 2. The van der Waals surface area contributed by atoms with Gasteiger partial charge in [-0.25, -0.2) is 4.68 Å². The highest BCUT2D eigenvalue weighted by Gasteiger charge is 2.30. The van der Waals surface area contributed by atoms with E-state index < -0.39 is 0 Å². The number of benzene rings is 3. The Labute approximate surface area is 238 Å². The molecule has 210 valence electrons. The second kappa shape index (κ2) is 12.5. The minimum Gasteiger partial charge on any atom is -0.488 e. The van der Waals surface area contributed by atoms with Gasteiger partial charge in [0.25, 0.3) is 5.91 Å². The molecule has 0 aliphatic heterocycles. The van der Waals surface area contributed by atoms with Gasteiger partial charge in [0.05, 0.1) is 5.56 Å². The molecule has 0 fully saturated rings. The highest BCUT2D eigenvalue weighted by molar-refractivity contribution is 6.01. The molecule has 1 N–H and O–H groups in total. The SMILES string of the molecule is CCNC(=O)c1noc(-c2cc(C(C)C)c(OCc3ccccc3)cc2OCc2ccccc2)c1-c1nnnn1C. The van der Waals surface area contributed by atoms with Crippen molar-refractivity contribution < 1.29 is 18.8 Å². The lowest BCUT2D eigenvalue weighted by atomic mass is 9.96. The lowest BCUT2D eigenvalue weighted by molar-refractivity contribution is 0.0947. The maximum absolute atomic E-state index is 13.0. The fourth-order valence-electron chi connectivity index (χ4n) is 4.44. The zero-order valence-corrected chi connectivity index (χ0v) is 23.5. The van der Waals surface area contributed by atoms with Gasteiger partial charge in [-0.3, -0.25) is 4.79 Å². The van der Waals surface area contributed by atoms with Gasteiger partial charge in [0.1, 0.15) is 30.3 Å². The Kier molecular flexibility index (Phi) is 8.38. The number of aryl methyl sites for hydroxylation is 1. The molecule has 3 aromatic carbocycles. The summed E-state index contributed by atoms with van der Waals surface area (Å²) in [5, 5.41) is 18.9. The summed E-state index contributed by atoms with van der Waals surface area (Å²) in [5.41, 5.74) is 4.07. The summed E-state index contributed by atoms with van der Waals surface area (Å²) >= 11 is 0. The molecule has 10 heteroatoms. The molecular formula is C31H32N6O4. The molecule has 0 bridgehead atoms. The molecule has 0 radical (unpaired) electrons. The average Bonchev–Trinajstić information content (AvgIpc) is 3.61. The maximum Gasteiger partial charge on any atom is 0.274 e. The van der Waals surface area contributed by atoms with E-state index >= 15 is 0 Å². The molecule has 0 aliphatic rings. The van der Waals surface area contributed by atoms with Crippen LogP contribution in [0.15, 0.2) is 77.3 Å². The van der Waals surface area contributed by atoms with E-state index in [-0.39, 0.29) is 17.5 Å². The van der Waals surface area contributed by atoms with Crippen molar-refractivity contribution in [1.82, 2.24) is 30.7 Å². The first-order valence-corrected chi connectivity index (χ1v) is 13.5. The van der Waals surface area contributed by atoms with Crippen LogP contribution in [-0.2, 0) is 20.3 Å². The Morgan fingerprint density at radius 3 is 2.15 bits per heavy atom. The number of amides is 1. The van der Waals surface area contributed by atoms with Crippen molar-refractivity contribution in [2.75, 3.05) is 6.54 Å². The number of aromatic nitrogens is 5. The summed E-state index contributed by atoms with van der Waals surface area (Å²) < 4.78 is 20.1. The number of rotatable bonds is 11. The Morgan fingerprint density at radius 1 is 0.951 bits per heavy atom. The number of nitrogens with one attached hydrogen (secondary N) is 1. The molecule has 10 nitrogen and oxygen atoms in total. The number of carbonyl (C=O) groups excluding carboxylic acids is 1. The van der Waals surface area contributed by atoms with Crippen LogP contribution in [0.2, 0.25) is 0 Å². The fraction of sp³-hybridized carbons (Fsp3) is 0.258. The predicted molar refractivity (Wildman–Crippen MR) is 153 cm³/mol. The molecule has 41 heavy (non-hydrogen) atoms. The van der Waals surface area contributed by atoms with Crippen LogP contribution in [-0.4, -0.2) is 37.8 Å². The molecule has 2 aromatic heterocycles. The number of hydrogen-bond donors (Lipinski definition) is 1. The van der Waals surface area contributed by atoms with Crippen molar-refractivity contribution in [3.63, 3.8) is 0 Å². The van der Waals surface area contributed by atoms with E-state index in [1.807, 2.05) is 79.7 Å². The third-order valence-corrected chi connectivity index (χ3v) is 6.54. The topological polar surface area (TPSA) is 117 Å². The van der Waals surface area contributed by atoms with Gasteiger partial charge in [-0.1, -0.05) is 79.7 Å². The molecule has 2 heterocycles. The standard InChI is InChI=1S/C31H32N6O4/c1-5-32-31(38)28-27(30-33-35-36-37(30)4)29(41-34-28)24-16-23(20(2)3)25(39-18-21-12-8-6-9-13-21)17-26(24)40-19-22-14-10-7-11-15-22/h6-17,20H,5,18-19H2,1-4H3,(H,32,38). The number of hydrogen-bond acceptors (Lipinski definition) is 8. The molecule has 0 spiro atoms. The highest BCUT2D eigenvalue weighted by Crippen LogP contribution is 2.44. The Bertz CT molecular complexity index is 1610. The van der Waals surface area contributed by atoms with Crippen molar-refractivity contribution in [1.29, 1.82) is 0 Å². The van der Waals surface area contributed by atoms with Crippen LogP contribution in [0, 0.1) is 0 Å². The van der Waals surface area contributed by atoms with Crippen molar-refractivity contribution >= 4 is 5.91 Å². The third-order valence-electron chi connectivity index (χ3n) is 6.54. The number of tetrazole rings is 1. The zero-order chi connectivity index (χ0) is 28.8. The van der Waals surface area contributed by atoms with Crippen LogP contribution in [0.5, 0.6) is 11.5 Å². The molecule has 5 rings (SSSR count). The molecule has 0 atom stereocenters. The zero-order valence-electron chi connectivity index (χ0n) is 23.5. The van der Waals surface area contributed by atoms with E-state index in [4.69, 9.17) is 14.0 Å². The summed E-state index contributed by atoms with van der Waals surface area (Å²) in [7, 11) is 1.69. The van der Waals surface area contributed by atoms with Crippen molar-refractivity contribution in [2.24, 2.45) is 7.05 Å². The second-order valence-corrected chi connectivity index (χ2v) is 9.81. The maximum atomic E-state index is 13.0. The van der Waals surface area contributed by atoms with Crippen LogP contribution in [0.1, 0.15) is 53.9 Å². The minimum atomic E-state index is -0.390. The molecule has 0 saturated carbocycles. The average molecular weight is 553 g/mol. The van der Waals surface area contributed by atoms with Gasteiger partial charge in [-0.2, -0.15) is 0 Å². The first-order valence-electron chi connectivity index (χ1n) is 13.5. The van der Waals surface area contributed by atoms with Crippen LogP contribution >= 0.6 is 0 Å². The van der Waals surface area contributed by atoms with Gasteiger partial charge >= 0.3 is 0 Å². The van der Waals surface area contributed by atoms with Crippen LogP contribution < -0.4 is 14.8 Å². The molecule has 0 saturated heterocycles. The van der Waals surface area contributed by atoms with E-state index in [9.17, 15) is 4.79 Å². The number of nitrogens with zero attached hydrogens (tertiary/aromatic N) is 5. The summed E-state index contributed by atoms with van der Waals surface area (Å²) in [5.74, 6) is 1.58. The minimum absolute atomic E-state index is 0.0873. The van der Waals surface area contributed by atoms with Gasteiger partial charge < -0.3 is 19.3 Å². The Morgan fingerprint density at radius 2 is 1.59 bits per heavy atom. The molecule has 0 unspecified atom stereocenters. The highest BCUT2D eigenvalue weighted by atomic mass is 16.5. The first-order chi connectivity index (χ1) is 20.0. The third kappa shape index (κ3) is 6.11. The van der Waals surface area contributed by atoms with Gasteiger partial charge in [0.15, 0.2) is 17.3 Å². The van der Waals surface area contributed by atoms with Crippen molar-refractivity contribution in [3.8, 4) is 34.2 Å². The smallest absolute Gasteiger partial charge is 0.274 e. The Hall–Kier alpha value is -4.99. The van der Waals surface area contributed by atoms with E-state index in [0.29, 0.717) is 54.0 Å². The largest absolute Gasteiger partial charge is 0.488 e. The van der Waals surface area contributed by atoms with E-state index in [1.165, 1.54) is 4.68 Å². The first kappa shape index (κ1) is 27.6. The van der Waals surface area contributed by atoms with Crippen molar-refractivity contribution in [2.45, 2.75) is 39.9 Å². The molecule has 0 aliphatic carbocycles. The van der Waals surface area contributed by atoms with Crippen LogP contribution in [0.25, 0.3) is 22.7 Å². The second-order valence-electron chi connectivity index (χ2n) is 9.81. The van der Waals surface area contributed by atoms with Gasteiger partial charge in [-0.05, 0) is 46.0 Å². The summed E-state index contributed by atoms with van der Waals surface area (Å²) in [6.45, 7) is 7.15. The van der Waals surface area contributed by atoms with Gasteiger partial charge in [-0.15, -0.1) is 5.10 Å².